The topological polar surface area (TPSA) is 68.3 Å². The molecule has 0 saturated heterocycles. The maximum absolute atomic E-state index is 13.0. The zero-order chi connectivity index (χ0) is 14.5. The first-order valence-electron chi connectivity index (χ1n) is 5.84. The van der Waals surface area contributed by atoms with Crippen LogP contribution in [-0.4, -0.2) is 11.2 Å². The zero-order valence-electron chi connectivity index (χ0n) is 10.8. The Hall–Kier alpha value is -2.02. The van der Waals surface area contributed by atoms with Gasteiger partial charge < -0.3 is 9.73 Å². The largest absolute Gasteiger partial charge is 0.463 e. The molecule has 2 rings (SSSR count). The highest BCUT2D eigenvalue weighted by molar-refractivity contribution is 7.97. The Morgan fingerprint density at radius 2 is 2.10 bits per heavy atom. The van der Waals surface area contributed by atoms with Crippen LogP contribution in [0.1, 0.15) is 11.5 Å². The van der Waals surface area contributed by atoms with Crippen LogP contribution in [0.3, 0.4) is 0 Å². The number of halogens is 1. The van der Waals surface area contributed by atoms with Gasteiger partial charge in [-0.2, -0.15) is 11.8 Å². The first-order valence-corrected chi connectivity index (χ1v) is 7.24. The summed E-state index contributed by atoms with van der Waals surface area (Å²) < 4.78 is 18.5. The molecule has 0 unspecified atom stereocenters. The SMILES string of the molecule is CSCc1ccc(CNc2ccc(F)cc2[N+](=O)[O-])o1. The standard InChI is InChI=1S/C13H13FN2O3S/c1-20-8-11-4-3-10(19-11)7-15-12-5-2-9(14)6-13(12)16(17)18/h2-6,15H,7-8H2,1H3. The van der Waals surface area contributed by atoms with Gasteiger partial charge in [0.1, 0.15) is 23.0 Å². The third kappa shape index (κ3) is 3.51. The minimum absolute atomic E-state index is 0.263. The number of rotatable bonds is 6. The van der Waals surface area contributed by atoms with E-state index < -0.39 is 10.7 Å². The molecule has 0 aliphatic rings. The highest BCUT2D eigenvalue weighted by Crippen LogP contribution is 2.25. The molecule has 1 aromatic heterocycles. The molecular formula is C13H13FN2O3S. The van der Waals surface area contributed by atoms with Crippen molar-refractivity contribution in [2.45, 2.75) is 12.3 Å². The Bertz CT molecular complexity index is 615. The number of hydrogen-bond donors (Lipinski definition) is 1. The Labute approximate surface area is 119 Å². The number of nitrogens with zero attached hydrogens (tertiary/aromatic N) is 1. The monoisotopic (exact) mass is 296 g/mol. The van der Waals surface area contributed by atoms with Gasteiger partial charge in [0.25, 0.3) is 5.69 Å². The van der Waals surface area contributed by atoms with E-state index in [2.05, 4.69) is 5.32 Å². The third-order valence-electron chi connectivity index (χ3n) is 2.61. The Balaban J connectivity index is 2.08. The van der Waals surface area contributed by atoms with Gasteiger partial charge >= 0.3 is 0 Å². The van der Waals surface area contributed by atoms with E-state index in [-0.39, 0.29) is 11.4 Å². The fourth-order valence-corrected chi connectivity index (χ4v) is 2.16. The molecule has 0 aliphatic carbocycles. The van der Waals surface area contributed by atoms with Crippen LogP contribution in [0, 0.1) is 15.9 Å². The van der Waals surface area contributed by atoms with Crippen LogP contribution in [0.2, 0.25) is 0 Å². The second-order valence-corrected chi connectivity index (χ2v) is 4.94. The number of benzene rings is 1. The molecule has 0 bridgehead atoms. The van der Waals surface area contributed by atoms with E-state index in [1.165, 1.54) is 12.1 Å². The number of nitro groups is 1. The van der Waals surface area contributed by atoms with Crippen LogP contribution in [0.15, 0.2) is 34.7 Å². The molecule has 0 aliphatic heterocycles. The fraction of sp³-hybridized carbons (Fsp3) is 0.231. The molecule has 2 aromatic rings. The molecule has 0 amide bonds. The van der Waals surface area contributed by atoms with E-state index >= 15 is 0 Å². The number of furan rings is 1. The summed E-state index contributed by atoms with van der Waals surface area (Å²) in [4.78, 5) is 10.2. The van der Waals surface area contributed by atoms with Crippen LogP contribution >= 0.6 is 11.8 Å². The van der Waals surface area contributed by atoms with Crippen molar-refractivity contribution < 1.29 is 13.7 Å². The highest BCUT2D eigenvalue weighted by atomic mass is 32.2. The average molecular weight is 296 g/mol. The van der Waals surface area contributed by atoms with Gasteiger partial charge in [-0.15, -0.1) is 0 Å². The van der Waals surface area contributed by atoms with Crippen molar-refractivity contribution in [2.24, 2.45) is 0 Å². The molecule has 0 atom stereocenters. The molecule has 0 spiro atoms. The number of nitrogens with one attached hydrogen (secondary N) is 1. The van der Waals surface area contributed by atoms with Gasteiger partial charge in [-0.1, -0.05) is 0 Å². The summed E-state index contributed by atoms with van der Waals surface area (Å²) in [6.45, 7) is 0.306. The van der Waals surface area contributed by atoms with Gasteiger partial charge in [0.15, 0.2) is 0 Å². The van der Waals surface area contributed by atoms with Crippen molar-refractivity contribution in [3.63, 3.8) is 0 Å². The van der Waals surface area contributed by atoms with Crippen molar-refractivity contribution in [3.05, 3.63) is 57.8 Å². The lowest BCUT2D eigenvalue weighted by atomic mass is 10.2. The van der Waals surface area contributed by atoms with Gasteiger partial charge in [0.05, 0.1) is 23.3 Å². The summed E-state index contributed by atoms with van der Waals surface area (Å²) >= 11 is 1.65. The lowest BCUT2D eigenvalue weighted by molar-refractivity contribution is -0.384. The predicted octanol–water partition coefficient (Wildman–Crippen LogP) is 3.80. The number of thioether (sulfide) groups is 1. The van der Waals surface area contributed by atoms with Crippen LogP contribution in [0.25, 0.3) is 0 Å². The van der Waals surface area contributed by atoms with Crippen molar-refractivity contribution in [1.29, 1.82) is 0 Å². The van der Waals surface area contributed by atoms with Crippen molar-refractivity contribution >= 4 is 23.1 Å². The molecule has 7 heteroatoms. The van der Waals surface area contributed by atoms with E-state index in [1.807, 2.05) is 18.4 Å². The second kappa shape index (κ2) is 6.42. The van der Waals surface area contributed by atoms with Gasteiger partial charge in [-0.05, 0) is 30.5 Å². The van der Waals surface area contributed by atoms with Crippen LogP contribution in [0.4, 0.5) is 15.8 Å². The van der Waals surface area contributed by atoms with E-state index in [1.54, 1.807) is 11.8 Å². The van der Waals surface area contributed by atoms with Crippen LogP contribution in [-0.2, 0) is 12.3 Å². The lowest BCUT2D eigenvalue weighted by Gasteiger charge is -2.05. The molecular weight excluding hydrogens is 283 g/mol. The number of hydrogen-bond acceptors (Lipinski definition) is 5. The van der Waals surface area contributed by atoms with Crippen molar-refractivity contribution in [1.82, 2.24) is 0 Å². The quantitative estimate of drug-likeness (QED) is 0.648. The molecule has 106 valence electrons. The predicted molar refractivity (Wildman–Crippen MR) is 76.3 cm³/mol. The summed E-state index contributed by atoms with van der Waals surface area (Å²) in [5.74, 6) is 1.66. The zero-order valence-corrected chi connectivity index (χ0v) is 11.6. The minimum Gasteiger partial charge on any atom is -0.463 e. The first-order chi connectivity index (χ1) is 9.60. The molecule has 1 heterocycles. The van der Waals surface area contributed by atoms with Gasteiger partial charge in [0, 0.05) is 0 Å². The van der Waals surface area contributed by atoms with Crippen LogP contribution < -0.4 is 5.32 Å². The molecule has 5 nitrogen and oxygen atoms in total. The third-order valence-corrected chi connectivity index (χ3v) is 3.19. The molecule has 1 N–H and O–H groups in total. The summed E-state index contributed by atoms with van der Waals surface area (Å²) in [6.07, 6.45) is 1.97. The van der Waals surface area contributed by atoms with Gasteiger partial charge in [-0.25, -0.2) is 4.39 Å². The summed E-state index contributed by atoms with van der Waals surface area (Å²) in [7, 11) is 0. The molecule has 0 radical (unpaired) electrons. The smallest absolute Gasteiger partial charge is 0.295 e. The van der Waals surface area contributed by atoms with Gasteiger partial charge in [-0.3, -0.25) is 10.1 Å². The maximum Gasteiger partial charge on any atom is 0.295 e. The van der Waals surface area contributed by atoms with E-state index in [9.17, 15) is 14.5 Å². The molecule has 1 aromatic carbocycles. The average Bonchev–Trinajstić information content (AvgIpc) is 2.85. The molecule has 0 saturated carbocycles. The number of nitro benzene ring substituents is 1. The second-order valence-electron chi connectivity index (χ2n) is 4.07. The minimum atomic E-state index is -0.637. The summed E-state index contributed by atoms with van der Waals surface area (Å²) in [5.41, 5.74) is -0.0277. The first kappa shape index (κ1) is 14.4. The Morgan fingerprint density at radius 3 is 2.80 bits per heavy atom. The lowest BCUT2D eigenvalue weighted by Crippen LogP contribution is -2.02. The summed E-state index contributed by atoms with van der Waals surface area (Å²) in [5, 5.41) is 13.7. The molecule has 20 heavy (non-hydrogen) atoms. The van der Waals surface area contributed by atoms with Crippen molar-refractivity contribution in [2.75, 3.05) is 11.6 Å². The fourth-order valence-electron chi connectivity index (χ4n) is 1.72. The van der Waals surface area contributed by atoms with Crippen molar-refractivity contribution in [3.8, 4) is 0 Å². The van der Waals surface area contributed by atoms with E-state index in [4.69, 9.17) is 4.42 Å². The van der Waals surface area contributed by atoms with E-state index in [0.717, 1.165) is 17.6 Å². The summed E-state index contributed by atoms with van der Waals surface area (Å²) in [6, 6.07) is 7.10. The molecule has 0 fully saturated rings. The Kier molecular flexibility index (Phi) is 4.62. The maximum atomic E-state index is 13.0. The van der Waals surface area contributed by atoms with E-state index in [0.29, 0.717) is 12.3 Å². The number of anilines is 1. The van der Waals surface area contributed by atoms with Crippen LogP contribution in [0.5, 0.6) is 0 Å². The normalized spacial score (nSPS) is 10.5. The Morgan fingerprint density at radius 1 is 1.35 bits per heavy atom. The highest BCUT2D eigenvalue weighted by Gasteiger charge is 2.15. The van der Waals surface area contributed by atoms with Gasteiger partial charge in [0.2, 0.25) is 0 Å².